The lowest BCUT2D eigenvalue weighted by Crippen LogP contribution is -2.34. The van der Waals surface area contributed by atoms with Crippen molar-refractivity contribution in [2.24, 2.45) is 7.05 Å². The van der Waals surface area contributed by atoms with Gasteiger partial charge >= 0.3 is 12.4 Å². The predicted octanol–water partition coefficient (Wildman–Crippen LogP) is 6.27. The summed E-state index contributed by atoms with van der Waals surface area (Å²) in [7, 11) is 3.63. The lowest BCUT2D eigenvalue weighted by molar-refractivity contribution is -0.143. The summed E-state index contributed by atoms with van der Waals surface area (Å²) in [5, 5.41) is 12.1. The SMILES string of the molecule is CC(c1nc2c(cc1CN(Cc1cc(C(F)(F)F)cc(C(F)(F)F)c1)c1nnn(C)n1)CCC2)N(C)C1CCCC1. The van der Waals surface area contributed by atoms with Crippen molar-refractivity contribution in [3.63, 3.8) is 0 Å². The highest BCUT2D eigenvalue weighted by Crippen LogP contribution is 2.37. The summed E-state index contributed by atoms with van der Waals surface area (Å²) in [6.07, 6.45) is -2.59. The molecule has 2 heterocycles. The average Bonchev–Trinajstić information content (AvgIpc) is 3.68. The van der Waals surface area contributed by atoms with Crippen molar-refractivity contribution in [2.75, 3.05) is 11.9 Å². The Morgan fingerprint density at radius 1 is 0.927 bits per heavy atom. The van der Waals surface area contributed by atoms with Crippen LogP contribution in [-0.4, -0.2) is 43.2 Å². The normalized spacial score (nSPS) is 16.9. The van der Waals surface area contributed by atoms with Crippen LogP contribution in [-0.2, 0) is 45.3 Å². The van der Waals surface area contributed by atoms with E-state index >= 15 is 0 Å². The molecular formula is C28H33F6N7. The smallest absolute Gasteiger partial charge is 0.329 e. The maximum atomic E-state index is 13.6. The van der Waals surface area contributed by atoms with Crippen LogP contribution in [0.5, 0.6) is 0 Å². The molecule has 5 rings (SSSR count). The third-order valence-corrected chi connectivity index (χ3v) is 8.23. The summed E-state index contributed by atoms with van der Waals surface area (Å²) in [4.78, 5) is 10.2. The van der Waals surface area contributed by atoms with E-state index in [-0.39, 0.29) is 36.7 Å². The van der Waals surface area contributed by atoms with Crippen LogP contribution in [0.15, 0.2) is 24.3 Å². The number of rotatable bonds is 8. The molecule has 1 unspecified atom stereocenters. The Labute approximate surface area is 234 Å². The van der Waals surface area contributed by atoms with E-state index in [2.05, 4.69) is 40.3 Å². The molecule has 0 amide bonds. The molecule has 2 aromatic heterocycles. The van der Waals surface area contributed by atoms with E-state index in [1.165, 1.54) is 17.6 Å². The summed E-state index contributed by atoms with van der Waals surface area (Å²) in [5.74, 6) is 0.0988. The van der Waals surface area contributed by atoms with Gasteiger partial charge in [-0.25, -0.2) is 0 Å². The number of halogens is 6. The lowest BCUT2D eigenvalue weighted by Gasteiger charge is -2.32. The van der Waals surface area contributed by atoms with Crippen LogP contribution in [0.4, 0.5) is 32.3 Å². The first-order valence-electron chi connectivity index (χ1n) is 13.8. The van der Waals surface area contributed by atoms with Crippen molar-refractivity contribution < 1.29 is 26.3 Å². The molecule has 2 aliphatic rings. The van der Waals surface area contributed by atoms with E-state index in [1.807, 2.05) is 0 Å². The zero-order valence-electron chi connectivity index (χ0n) is 23.2. The average molecular weight is 582 g/mol. The van der Waals surface area contributed by atoms with Crippen LogP contribution in [0.3, 0.4) is 0 Å². The first-order valence-corrected chi connectivity index (χ1v) is 13.8. The monoisotopic (exact) mass is 581 g/mol. The molecule has 0 saturated heterocycles. The van der Waals surface area contributed by atoms with Crippen molar-refractivity contribution in [1.29, 1.82) is 0 Å². The van der Waals surface area contributed by atoms with Crippen LogP contribution in [0, 0.1) is 0 Å². The molecular weight excluding hydrogens is 548 g/mol. The Kier molecular flexibility index (Phi) is 8.01. The number of hydrogen-bond donors (Lipinski definition) is 0. The van der Waals surface area contributed by atoms with Gasteiger partial charge in [-0.05, 0) is 86.2 Å². The van der Waals surface area contributed by atoms with Crippen LogP contribution in [0.2, 0.25) is 0 Å². The molecule has 1 aromatic carbocycles. The van der Waals surface area contributed by atoms with Gasteiger partial charge in [0.25, 0.3) is 5.95 Å². The maximum Gasteiger partial charge on any atom is 0.416 e. The fourth-order valence-corrected chi connectivity index (χ4v) is 5.98. The largest absolute Gasteiger partial charge is 0.416 e. The number of tetrazole rings is 1. The van der Waals surface area contributed by atoms with Crippen LogP contribution < -0.4 is 4.90 Å². The molecule has 13 heteroatoms. The third kappa shape index (κ3) is 6.49. The number of pyridine rings is 1. The standard InChI is InChI=1S/C28H33F6N7/c1-17(39(2)23-8-4-5-9-23)25-20(13-19-7-6-10-24(19)35-25)16-41(26-36-38-40(3)37-26)15-18-11-21(27(29,30)31)14-22(12-18)28(32,33)34/h11-14,17,23H,4-10,15-16H2,1-3H3. The second-order valence-electron chi connectivity index (χ2n) is 11.1. The number of alkyl halides is 6. The number of aromatic nitrogens is 5. The minimum absolute atomic E-state index is 0.0407. The van der Waals surface area contributed by atoms with Gasteiger partial charge in [0.15, 0.2) is 0 Å². The van der Waals surface area contributed by atoms with Gasteiger partial charge in [-0.2, -0.15) is 31.1 Å². The van der Waals surface area contributed by atoms with E-state index in [9.17, 15) is 26.3 Å². The number of hydrogen-bond acceptors (Lipinski definition) is 6. The van der Waals surface area contributed by atoms with E-state index < -0.39 is 23.5 Å². The van der Waals surface area contributed by atoms with Crippen molar-refractivity contribution >= 4 is 5.95 Å². The Morgan fingerprint density at radius 3 is 2.17 bits per heavy atom. The van der Waals surface area contributed by atoms with Gasteiger partial charge < -0.3 is 4.90 Å². The molecule has 2 aliphatic carbocycles. The highest BCUT2D eigenvalue weighted by molar-refractivity contribution is 5.41. The number of benzene rings is 1. The summed E-state index contributed by atoms with van der Waals surface area (Å²) < 4.78 is 81.5. The van der Waals surface area contributed by atoms with Crippen molar-refractivity contribution in [2.45, 2.75) is 89.4 Å². The molecule has 1 fully saturated rings. The Hall–Kier alpha value is -3.22. The predicted molar refractivity (Wildman–Crippen MR) is 140 cm³/mol. The highest BCUT2D eigenvalue weighted by atomic mass is 19.4. The molecule has 222 valence electrons. The Bertz CT molecular complexity index is 1340. The van der Waals surface area contributed by atoms with Gasteiger partial charge in [-0.15, -0.1) is 5.10 Å². The van der Waals surface area contributed by atoms with E-state index in [4.69, 9.17) is 4.98 Å². The van der Waals surface area contributed by atoms with Crippen LogP contribution in [0.25, 0.3) is 0 Å². The minimum Gasteiger partial charge on any atom is -0.329 e. The molecule has 41 heavy (non-hydrogen) atoms. The Balaban J connectivity index is 1.54. The fourth-order valence-electron chi connectivity index (χ4n) is 5.98. The number of fused-ring (bicyclic) bond motifs is 1. The number of nitrogens with zero attached hydrogens (tertiary/aromatic N) is 7. The topological polar surface area (TPSA) is 63.0 Å². The molecule has 0 radical (unpaired) electrons. The quantitative estimate of drug-likeness (QED) is 0.292. The summed E-state index contributed by atoms with van der Waals surface area (Å²) >= 11 is 0. The van der Waals surface area contributed by atoms with Gasteiger partial charge in [0.05, 0.1) is 23.9 Å². The second-order valence-corrected chi connectivity index (χ2v) is 11.1. The fraction of sp³-hybridized carbons (Fsp3) is 0.571. The molecule has 7 nitrogen and oxygen atoms in total. The molecule has 3 aromatic rings. The molecule has 0 bridgehead atoms. The third-order valence-electron chi connectivity index (χ3n) is 8.23. The van der Waals surface area contributed by atoms with Crippen molar-refractivity contribution in [1.82, 2.24) is 30.1 Å². The van der Waals surface area contributed by atoms with Crippen molar-refractivity contribution in [3.05, 3.63) is 63.5 Å². The molecule has 0 N–H and O–H groups in total. The lowest BCUT2D eigenvalue weighted by atomic mass is 10.0. The summed E-state index contributed by atoms with van der Waals surface area (Å²) in [6, 6.07) is 4.10. The van der Waals surface area contributed by atoms with Crippen LogP contribution in [0.1, 0.15) is 84.3 Å². The van der Waals surface area contributed by atoms with Gasteiger partial charge in [0, 0.05) is 30.9 Å². The van der Waals surface area contributed by atoms with Crippen molar-refractivity contribution in [3.8, 4) is 0 Å². The molecule has 0 spiro atoms. The van der Waals surface area contributed by atoms with Crippen LogP contribution >= 0.6 is 0 Å². The summed E-state index contributed by atoms with van der Waals surface area (Å²) in [6.45, 7) is 1.95. The first kappa shape index (κ1) is 29.3. The Morgan fingerprint density at radius 2 is 1.59 bits per heavy atom. The molecule has 1 saturated carbocycles. The molecule has 1 atom stereocenters. The van der Waals surface area contributed by atoms with Gasteiger partial charge in [-0.1, -0.05) is 24.0 Å². The maximum absolute atomic E-state index is 13.6. The van der Waals surface area contributed by atoms with E-state index in [0.29, 0.717) is 6.04 Å². The first-order chi connectivity index (χ1) is 19.3. The second kappa shape index (κ2) is 11.2. The van der Waals surface area contributed by atoms with E-state index in [0.717, 1.165) is 66.8 Å². The zero-order chi connectivity index (χ0) is 29.5. The van der Waals surface area contributed by atoms with Gasteiger partial charge in [0.2, 0.25) is 0 Å². The van der Waals surface area contributed by atoms with Gasteiger partial charge in [0.1, 0.15) is 0 Å². The number of aryl methyl sites for hydroxylation is 3. The number of anilines is 1. The highest BCUT2D eigenvalue weighted by Gasteiger charge is 2.37. The zero-order valence-corrected chi connectivity index (χ0v) is 23.2. The summed E-state index contributed by atoms with van der Waals surface area (Å²) in [5.41, 5.74) is 0.984. The molecule has 0 aliphatic heterocycles. The minimum atomic E-state index is -4.94. The van der Waals surface area contributed by atoms with E-state index in [1.54, 1.807) is 11.9 Å². The van der Waals surface area contributed by atoms with Gasteiger partial charge in [-0.3, -0.25) is 9.88 Å².